The lowest BCUT2D eigenvalue weighted by Crippen LogP contribution is -2.12. The molecule has 0 fully saturated rings. The highest BCUT2D eigenvalue weighted by atomic mass is 19.4. The highest BCUT2D eigenvalue weighted by molar-refractivity contribution is 5.45. The average Bonchev–Trinajstić information content (AvgIpc) is 2.26. The van der Waals surface area contributed by atoms with Crippen LogP contribution < -0.4 is 5.32 Å². The Balaban J connectivity index is 2.51. The van der Waals surface area contributed by atoms with Gasteiger partial charge in [0.2, 0.25) is 0 Å². The van der Waals surface area contributed by atoms with Gasteiger partial charge in [-0.3, -0.25) is 0 Å². The second-order valence-electron chi connectivity index (χ2n) is 4.07. The normalized spacial score (nSPS) is 13.5. The molecule has 0 aromatic heterocycles. The van der Waals surface area contributed by atoms with Gasteiger partial charge in [-0.05, 0) is 36.6 Å². The summed E-state index contributed by atoms with van der Waals surface area (Å²) < 4.78 is 36.9. The van der Waals surface area contributed by atoms with Crippen LogP contribution in [0.1, 0.15) is 18.9 Å². The number of alkyl halides is 3. The molecule has 1 unspecified atom stereocenters. The largest absolute Gasteiger partial charge is 0.416 e. The highest BCUT2D eigenvalue weighted by Gasteiger charge is 2.29. The van der Waals surface area contributed by atoms with Crippen molar-refractivity contribution < 1.29 is 18.3 Å². The van der Waals surface area contributed by atoms with Crippen molar-refractivity contribution in [3.63, 3.8) is 0 Å². The van der Waals surface area contributed by atoms with Gasteiger partial charge in [-0.1, -0.05) is 6.92 Å². The highest BCUT2D eigenvalue weighted by Crippen LogP contribution is 2.29. The Bertz CT molecular complexity index is 335. The zero-order chi connectivity index (χ0) is 12.9. The molecule has 0 aliphatic heterocycles. The third-order valence-electron chi connectivity index (χ3n) is 2.49. The van der Waals surface area contributed by atoms with Crippen molar-refractivity contribution in [3.05, 3.63) is 29.8 Å². The fourth-order valence-corrected chi connectivity index (χ4v) is 1.39. The number of anilines is 1. The predicted octanol–water partition coefficient (Wildman–Crippen LogP) is 3.14. The number of hydrogen-bond donors (Lipinski definition) is 2. The number of aliphatic hydroxyl groups is 1. The maximum Gasteiger partial charge on any atom is 0.416 e. The fraction of sp³-hybridized carbons (Fsp3) is 0.500. The predicted molar refractivity (Wildman–Crippen MR) is 60.8 cm³/mol. The molecular formula is C12H16F3NO. The zero-order valence-electron chi connectivity index (χ0n) is 9.59. The molecule has 0 aliphatic rings. The van der Waals surface area contributed by atoms with Gasteiger partial charge in [-0.15, -0.1) is 0 Å². The standard InChI is InChI=1S/C12H16F3NO/c1-9(6-7-17)8-16-11-4-2-10(3-5-11)12(13,14)15/h2-5,9,16-17H,6-8H2,1H3. The van der Waals surface area contributed by atoms with Crippen LogP contribution in [-0.4, -0.2) is 18.3 Å². The smallest absolute Gasteiger partial charge is 0.396 e. The first-order valence-corrected chi connectivity index (χ1v) is 5.45. The molecular weight excluding hydrogens is 231 g/mol. The van der Waals surface area contributed by atoms with E-state index in [1.807, 2.05) is 6.92 Å². The van der Waals surface area contributed by atoms with E-state index in [0.29, 0.717) is 18.7 Å². The van der Waals surface area contributed by atoms with Crippen molar-refractivity contribution in [2.24, 2.45) is 5.92 Å². The Morgan fingerprint density at radius 1 is 1.24 bits per heavy atom. The zero-order valence-corrected chi connectivity index (χ0v) is 9.59. The lowest BCUT2D eigenvalue weighted by Gasteiger charge is -2.13. The van der Waals surface area contributed by atoms with Crippen LogP contribution in [0.3, 0.4) is 0 Å². The first-order chi connectivity index (χ1) is 7.93. The summed E-state index contributed by atoms with van der Waals surface area (Å²) in [7, 11) is 0. The third kappa shape index (κ3) is 4.65. The molecule has 0 saturated heterocycles. The van der Waals surface area contributed by atoms with E-state index < -0.39 is 11.7 Å². The summed E-state index contributed by atoms with van der Waals surface area (Å²) in [6.45, 7) is 2.72. The fourth-order valence-electron chi connectivity index (χ4n) is 1.39. The molecule has 1 aromatic carbocycles. The van der Waals surface area contributed by atoms with E-state index >= 15 is 0 Å². The minimum Gasteiger partial charge on any atom is -0.396 e. The van der Waals surface area contributed by atoms with Gasteiger partial charge in [0, 0.05) is 18.8 Å². The molecule has 0 radical (unpaired) electrons. The lowest BCUT2D eigenvalue weighted by molar-refractivity contribution is -0.137. The first kappa shape index (κ1) is 13.8. The number of nitrogens with one attached hydrogen (secondary N) is 1. The summed E-state index contributed by atoms with van der Waals surface area (Å²) in [5.74, 6) is 0.280. The van der Waals surface area contributed by atoms with Gasteiger partial charge in [0.05, 0.1) is 5.56 Å². The molecule has 17 heavy (non-hydrogen) atoms. The van der Waals surface area contributed by atoms with Crippen molar-refractivity contribution in [1.82, 2.24) is 0 Å². The van der Waals surface area contributed by atoms with Crippen LogP contribution in [0.4, 0.5) is 18.9 Å². The summed E-state index contributed by atoms with van der Waals surface area (Å²) >= 11 is 0. The molecule has 1 atom stereocenters. The van der Waals surface area contributed by atoms with Gasteiger partial charge in [0.25, 0.3) is 0 Å². The second kappa shape index (κ2) is 5.91. The Kier molecular flexibility index (Phi) is 4.81. The van der Waals surface area contributed by atoms with Crippen LogP contribution in [0, 0.1) is 5.92 Å². The Labute approximate surface area is 98.5 Å². The van der Waals surface area contributed by atoms with Gasteiger partial charge in [-0.25, -0.2) is 0 Å². The Morgan fingerprint density at radius 3 is 2.29 bits per heavy atom. The molecule has 2 nitrogen and oxygen atoms in total. The molecule has 0 spiro atoms. The van der Waals surface area contributed by atoms with Crippen LogP contribution in [0.25, 0.3) is 0 Å². The lowest BCUT2D eigenvalue weighted by atomic mass is 10.1. The van der Waals surface area contributed by atoms with Crippen LogP contribution in [-0.2, 0) is 6.18 Å². The van der Waals surface area contributed by atoms with Crippen LogP contribution in [0.15, 0.2) is 24.3 Å². The van der Waals surface area contributed by atoms with E-state index in [1.54, 1.807) is 0 Å². The SMILES string of the molecule is CC(CCO)CNc1ccc(C(F)(F)F)cc1. The van der Waals surface area contributed by atoms with Crippen molar-refractivity contribution in [3.8, 4) is 0 Å². The van der Waals surface area contributed by atoms with Gasteiger partial charge < -0.3 is 10.4 Å². The quantitative estimate of drug-likeness (QED) is 0.837. The summed E-state index contributed by atoms with van der Waals surface area (Å²) in [5, 5.41) is 11.7. The number of rotatable bonds is 5. The number of halogens is 3. The number of aliphatic hydroxyl groups excluding tert-OH is 1. The van der Waals surface area contributed by atoms with Crippen LogP contribution >= 0.6 is 0 Å². The molecule has 0 aliphatic carbocycles. The van der Waals surface area contributed by atoms with Crippen molar-refractivity contribution in [2.45, 2.75) is 19.5 Å². The number of hydrogen-bond acceptors (Lipinski definition) is 2. The Morgan fingerprint density at radius 2 is 1.82 bits per heavy atom. The summed E-state index contributed by atoms with van der Waals surface area (Å²) in [6.07, 6.45) is -3.61. The van der Waals surface area contributed by atoms with Crippen molar-refractivity contribution >= 4 is 5.69 Å². The summed E-state index contributed by atoms with van der Waals surface area (Å²) in [6, 6.07) is 4.93. The van der Waals surface area contributed by atoms with E-state index in [1.165, 1.54) is 12.1 Å². The van der Waals surface area contributed by atoms with Crippen molar-refractivity contribution in [2.75, 3.05) is 18.5 Å². The summed E-state index contributed by atoms with van der Waals surface area (Å²) in [5.41, 5.74) is 0.00856. The Hall–Kier alpha value is -1.23. The van der Waals surface area contributed by atoms with E-state index in [0.717, 1.165) is 12.1 Å². The first-order valence-electron chi connectivity index (χ1n) is 5.45. The van der Waals surface area contributed by atoms with E-state index in [2.05, 4.69) is 5.32 Å². The van der Waals surface area contributed by atoms with Crippen LogP contribution in [0.5, 0.6) is 0 Å². The molecule has 0 saturated carbocycles. The van der Waals surface area contributed by atoms with E-state index in [9.17, 15) is 13.2 Å². The van der Waals surface area contributed by atoms with Gasteiger partial charge >= 0.3 is 6.18 Å². The average molecular weight is 247 g/mol. The monoisotopic (exact) mass is 247 g/mol. The van der Waals surface area contributed by atoms with Gasteiger partial charge in [0.1, 0.15) is 0 Å². The molecule has 1 rings (SSSR count). The van der Waals surface area contributed by atoms with Crippen molar-refractivity contribution in [1.29, 1.82) is 0 Å². The maximum absolute atomic E-state index is 12.3. The molecule has 5 heteroatoms. The third-order valence-corrected chi connectivity index (χ3v) is 2.49. The summed E-state index contributed by atoms with van der Waals surface area (Å²) in [4.78, 5) is 0. The molecule has 0 bridgehead atoms. The minimum absolute atomic E-state index is 0.121. The molecule has 2 N–H and O–H groups in total. The number of benzene rings is 1. The van der Waals surface area contributed by atoms with Gasteiger partial charge in [0.15, 0.2) is 0 Å². The molecule has 96 valence electrons. The topological polar surface area (TPSA) is 32.3 Å². The van der Waals surface area contributed by atoms with E-state index in [4.69, 9.17) is 5.11 Å². The second-order valence-corrected chi connectivity index (χ2v) is 4.07. The van der Waals surface area contributed by atoms with E-state index in [-0.39, 0.29) is 12.5 Å². The van der Waals surface area contributed by atoms with Crippen LogP contribution in [0.2, 0.25) is 0 Å². The van der Waals surface area contributed by atoms with Gasteiger partial charge in [-0.2, -0.15) is 13.2 Å². The molecule has 0 amide bonds. The maximum atomic E-state index is 12.3. The molecule has 1 aromatic rings. The molecule has 0 heterocycles. The minimum atomic E-state index is -4.29.